The Kier molecular flexibility index (Phi) is 5.12. The number of para-hydroxylation sites is 2. The highest BCUT2D eigenvalue weighted by Gasteiger charge is 2.15. The minimum Gasteiger partial charge on any atom is -0.459 e. The second kappa shape index (κ2) is 7.86. The summed E-state index contributed by atoms with van der Waals surface area (Å²) in [5.74, 6) is 0.346. The number of hydrogen-bond acceptors (Lipinski definition) is 3. The van der Waals surface area contributed by atoms with E-state index >= 15 is 0 Å². The Balaban J connectivity index is 1.59. The quantitative estimate of drug-likeness (QED) is 0.523. The molecule has 7 heteroatoms. The molecule has 0 aliphatic carbocycles. The van der Waals surface area contributed by atoms with Crippen molar-refractivity contribution in [1.29, 1.82) is 0 Å². The van der Waals surface area contributed by atoms with Crippen molar-refractivity contribution in [3.05, 3.63) is 88.8 Å². The van der Waals surface area contributed by atoms with Gasteiger partial charge in [-0.05, 0) is 36.4 Å². The smallest absolute Gasteiger partial charge is 0.286 e. The number of nitrogens with one attached hydrogen (secondary N) is 1. The zero-order valence-corrected chi connectivity index (χ0v) is 15.6. The van der Waals surface area contributed by atoms with Gasteiger partial charge >= 0.3 is 0 Å². The molecule has 0 aliphatic rings. The fourth-order valence-electron chi connectivity index (χ4n) is 3.12. The first-order valence-electron chi connectivity index (χ1n) is 8.82. The van der Waals surface area contributed by atoms with Crippen molar-refractivity contribution in [2.24, 2.45) is 0 Å². The predicted octanol–water partition coefficient (Wildman–Crippen LogP) is 4.44. The Hall–Kier alpha value is -3.12. The van der Waals surface area contributed by atoms with Crippen LogP contribution >= 0.6 is 11.6 Å². The van der Waals surface area contributed by atoms with E-state index in [1.807, 2.05) is 28.8 Å². The predicted molar refractivity (Wildman–Crippen MR) is 105 cm³/mol. The van der Waals surface area contributed by atoms with E-state index in [1.54, 1.807) is 24.3 Å². The van der Waals surface area contributed by atoms with Gasteiger partial charge in [-0.1, -0.05) is 29.8 Å². The number of hydrogen-bond donors (Lipinski definition) is 1. The van der Waals surface area contributed by atoms with Crippen molar-refractivity contribution in [1.82, 2.24) is 14.9 Å². The molecule has 28 heavy (non-hydrogen) atoms. The van der Waals surface area contributed by atoms with E-state index in [0.29, 0.717) is 23.6 Å². The number of fused-ring (bicyclic) bond motifs is 1. The second-order valence-electron chi connectivity index (χ2n) is 6.29. The van der Waals surface area contributed by atoms with Gasteiger partial charge in [0, 0.05) is 23.6 Å². The first-order valence-corrected chi connectivity index (χ1v) is 9.20. The third-order valence-corrected chi connectivity index (χ3v) is 4.84. The van der Waals surface area contributed by atoms with E-state index in [0.717, 1.165) is 16.9 Å². The van der Waals surface area contributed by atoms with Crippen LogP contribution in [0.25, 0.3) is 11.0 Å². The maximum Gasteiger partial charge on any atom is 0.286 e. The highest BCUT2D eigenvalue weighted by Crippen LogP contribution is 2.24. The Morgan fingerprint density at radius 2 is 2.00 bits per heavy atom. The van der Waals surface area contributed by atoms with Crippen LogP contribution in [0.1, 0.15) is 21.9 Å². The molecule has 0 radical (unpaired) electrons. The van der Waals surface area contributed by atoms with Crippen molar-refractivity contribution in [2.75, 3.05) is 6.54 Å². The van der Waals surface area contributed by atoms with Gasteiger partial charge in [-0.2, -0.15) is 0 Å². The Morgan fingerprint density at radius 3 is 2.79 bits per heavy atom. The summed E-state index contributed by atoms with van der Waals surface area (Å²) in [5.41, 5.74) is 2.10. The Bertz CT molecular complexity index is 1100. The second-order valence-corrected chi connectivity index (χ2v) is 6.69. The molecule has 0 aliphatic heterocycles. The molecule has 0 spiro atoms. The molecule has 2 aromatic heterocycles. The fraction of sp³-hybridized carbons (Fsp3) is 0.143. The van der Waals surface area contributed by atoms with E-state index < -0.39 is 0 Å². The van der Waals surface area contributed by atoms with Gasteiger partial charge in [-0.25, -0.2) is 9.37 Å². The Labute approximate surface area is 165 Å². The molecule has 2 aromatic carbocycles. The summed E-state index contributed by atoms with van der Waals surface area (Å²) >= 11 is 6.21. The number of halogens is 2. The van der Waals surface area contributed by atoms with E-state index in [9.17, 15) is 9.18 Å². The zero-order valence-electron chi connectivity index (χ0n) is 14.9. The summed E-state index contributed by atoms with van der Waals surface area (Å²) in [5, 5.41) is 3.18. The first kappa shape index (κ1) is 18.3. The lowest BCUT2D eigenvalue weighted by Crippen LogP contribution is -2.26. The fourth-order valence-corrected chi connectivity index (χ4v) is 3.34. The summed E-state index contributed by atoms with van der Waals surface area (Å²) in [6.45, 7) is 0.626. The van der Waals surface area contributed by atoms with Crippen LogP contribution in [-0.2, 0) is 13.0 Å². The SMILES string of the molecule is O=C(NCCc1nc2ccccc2n1Cc1c(F)cccc1Cl)c1ccco1. The van der Waals surface area contributed by atoms with Crippen LogP contribution in [0.4, 0.5) is 4.39 Å². The molecule has 0 unspecified atom stereocenters. The average Bonchev–Trinajstić information content (AvgIpc) is 3.33. The molecule has 0 saturated carbocycles. The number of furan rings is 1. The van der Waals surface area contributed by atoms with Crippen LogP contribution in [-0.4, -0.2) is 22.0 Å². The lowest BCUT2D eigenvalue weighted by molar-refractivity contribution is 0.0926. The summed E-state index contributed by atoms with van der Waals surface area (Å²) in [4.78, 5) is 16.7. The van der Waals surface area contributed by atoms with Gasteiger partial charge in [0.25, 0.3) is 5.91 Å². The van der Waals surface area contributed by atoms with Gasteiger partial charge in [0.2, 0.25) is 0 Å². The molecule has 0 atom stereocenters. The van der Waals surface area contributed by atoms with Crippen LogP contribution in [0.2, 0.25) is 5.02 Å². The van der Waals surface area contributed by atoms with E-state index in [4.69, 9.17) is 16.0 Å². The molecule has 0 fully saturated rings. The van der Waals surface area contributed by atoms with Crippen LogP contribution < -0.4 is 5.32 Å². The van der Waals surface area contributed by atoms with E-state index in [2.05, 4.69) is 10.3 Å². The number of carbonyl (C=O) groups is 1. The van der Waals surface area contributed by atoms with Crippen molar-refractivity contribution in [2.45, 2.75) is 13.0 Å². The number of benzene rings is 2. The van der Waals surface area contributed by atoms with Crippen LogP contribution in [0.15, 0.2) is 65.3 Å². The van der Waals surface area contributed by atoms with Gasteiger partial charge in [0.15, 0.2) is 5.76 Å². The number of carbonyl (C=O) groups excluding carboxylic acids is 1. The van der Waals surface area contributed by atoms with Gasteiger partial charge in [-0.15, -0.1) is 0 Å². The third kappa shape index (κ3) is 3.64. The topological polar surface area (TPSA) is 60.1 Å². The molecular formula is C21H17ClFN3O2. The van der Waals surface area contributed by atoms with E-state index in [1.165, 1.54) is 12.3 Å². The summed E-state index contributed by atoms with van der Waals surface area (Å²) < 4.78 is 21.3. The molecule has 142 valence electrons. The minimum absolute atomic E-state index is 0.256. The minimum atomic E-state index is -0.359. The standard InChI is InChI=1S/C21H17ClFN3O2/c22-15-5-3-6-16(23)14(15)13-26-18-8-2-1-7-17(18)25-20(26)10-11-24-21(27)19-9-4-12-28-19/h1-9,12H,10-11,13H2,(H,24,27). The van der Waals surface area contributed by atoms with Gasteiger partial charge in [0.1, 0.15) is 11.6 Å². The molecule has 0 saturated heterocycles. The number of nitrogens with zero attached hydrogens (tertiary/aromatic N) is 2. The van der Waals surface area contributed by atoms with Crippen LogP contribution in [0.5, 0.6) is 0 Å². The van der Waals surface area contributed by atoms with Crippen molar-refractivity contribution in [3.8, 4) is 0 Å². The number of rotatable bonds is 6. The van der Waals surface area contributed by atoms with Crippen LogP contribution in [0, 0.1) is 5.82 Å². The van der Waals surface area contributed by atoms with Crippen molar-refractivity contribution >= 4 is 28.5 Å². The maximum absolute atomic E-state index is 14.3. The maximum atomic E-state index is 14.3. The lowest BCUT2D eigenvalue weighted by atomic mass is 10.2. The third-order valence-electron chi connectivity index (χ3n) is 4.49. The molecule has 2 heterocycles. The van der Waals surface area contributed by atoms with Gasteiger partial charge in [-0.3, -0.25) is 4.79 Å². The van der Waals surface area contributed by atoms with Gasteiger partial charge < -0.3 is 14.3 Å². The first-order chi connectivity index (χ1) is 13.6. The molecule has 1 N–H and O–H groups in total. The highest BCUT2D eigenvalue weighted by molar-refractivity contribution is 6.31. The summed E-state index contributed by atoms with van der Waals surface area (Å²) in [6.07, 6.45) is 1.93. The average molecular weight is 398 g/mol. The lowest BCUT2D eigenvalue weighted by Gasteiger charge is -2.12. The largest absolute Gasteiger partial charge is 0.459 e. The molecular weight excluding hydrogens is 381 g/mol. The molecule has 0 bridgehead atoms. The molecule has 4 aromatic rings. The van der Waals surface area contributed by atoms with Crippen molar-refractivity contribution < 1.29 is 13.6 Å². The summed E-state index contributed by atoms with van der Waals surface area (Å²) in [7, 11) is 0. The highest BCUT2D eigenvalue weighted by atomic mass is 35.5. The summed E-state index contributed by atoms with van der Waals surface area (Å²) in [6, 6.07) is 15.5. The Morgan fingerprint density at radius 1 is 1.14 bits per heavy atom. The molecule has 5 nitrogen and oxygen atoms in total. The zero-order chi connectivity index (χ0) is 19.5. The number of aromatic nitrogens is 2. The van der Waals surface area contributed by atoms with Crippen molar-refractivity contribution in [3.63, 3.8) is 0 Å². The molecule has 1 amide bonds. The van der Waals surface area contributed by atoms with Crippen LogP contribution in [0.3, 0.4) is 0 Å². The van der Waals surface area contributed by atoms with Gasteiger partial charge in [0.05, 0.1) is 23.8 Å². The monoisotopic (exact) mass is 397 g/mol. The number of imidazole rings is 1. The van der Waals surface area contributed by atoms with E-state index in [-0.39, 0.29) is 24.0 Å². The molecule has 4 rings (SSSR count). The number of amides is 1. The normalized spacial score (nSPS) is 11.1.